The van der Waals surface area contributed by atoms with E-state index >= 15 is 0 Å². The first kappa shape index (κ1) is 16.3. The second-order valence-electron chi connectivity index (χ2n) is 4.38. The van der Waals surface area contributed by atoms with Gasteiger partial charge in [0.15, 0.2) is 0 Å². The van der Waals surface area contributed by atoms with Crippen LogP contribution in [-0.2, 0) is 0 Å². The monoisotopic (exact) mass is 289 g/mol. The highest BCUT2D eigenvalue weighted by Gasteiger charge is 2.26. The Bertz CT molecular complexity index is 431. The highest BCUT2D eigenvalue weighted by atomic mass is 19.4. The van der Waals surface area contributed by atoms with Crippen molar-refractivity contribution >= 4 is 11.7 Å². The summed E-state index contributed by atoms with van der Waals surface area (Å²) < 4.78 is 35.7. The summed E-state index contributed by atoms with van der Waals surface area (Å²) in [5.41, 5.74) is 1.58. The molecule has 0 aliphatic heterocycles. The van der Waals surface area contributed by atoms with Gasteiger partial charge in [0, 0.05) is 18.3 Å². The number of urea groups is 1. The molecular weight excluding hydrogens is 271 g/mol. The smallest absolute Gasteiger partial charge is 0.338 e. The Kier molecular flexibility index (Phi) is 5.82. The number of amides is 2. The molecule has 1 rings (SSSR count). The molecule has 0 aliphatic carbocycles. The van der Waals surface area contributed by atoms with Crippen molar-refractivity contribution in [2.45, 2.75) is 25.6 Å². The number of hydrogen-bond donors (Lipinski definition) is 3. The lowest BCUT2D eigenvalue weighted by molar-refractivity contribution is -0.132. The number of carbonyl (C=O) groups excluding carboxylic acids is 1. The zero-order chi connectivity index (χ0) is 15.2. The molecule has 3 N–H and O–H groups in total. The normalized spacial score (nSPS) is 12.8. The van der Waals surface area contributed by atoms with Gasteiger partial charge in [-0.05, 0) is 31.7 Å². The van der Waals surface area contributed by atoms with Crippen molar-refractivity contribution in [3.05, 3.63) is 29.8 Å². The summed E-state index contributed by atoms with van der Waals surface area (Å²) >= 11 is 0. The molecule has 0 radical (unpaired) electrons. The van der Waals surface area contributed by atoms with Crippen molar-refractivity contribution in [2.75, 3.05) is 18.9 Å². The molecule has 0 aliphatic rings. The van der Waals surface area contributed by atoms with Crippen molar-refractivity contribution in [1.82, 2.24) is 10.6 Å². The molecule has 0 heterocycles. The maximum absolute atomic E-state index is 11.9. The van der Waals surface area contributed by atoms with Gasteiger partial charge < -0.3 is 16.0 Å². The van der Waals surface area contributed by atoms with Crippen LogP contribution in [0.15, 0.2) is 24.3 Å². The largest absolute Gasteiger partial charge is 0.390 e. The first-order valence-electron chi connectivity index (χ1n) is 6.20. The minimum atomic E-state index is -4.27. The third-order valence-corrected chi connectivity index (χ3v) is 2.80. The second kappa shape index (κ2) is 7.14. The lowest BCUT2D eigenvalue weighted by Crippen LogP contribution is -2.31. The summed E-state index contributed by atoms with van der Waals surface area (Å²) in [4.78, 5) is 11.4. The number of nitrogens with one attached hydrogen (secondary N) is 3. The fourth-order valence-electron chi connectivity index (χ4n) is 1.51. The molecule has 112 valence electrons. The third-order valence-electron chi connectivity index (χ3n) is 2.80. The van der Waals surface area contributed by atoms with Crippen LogP contribution in [0.2, 0.25) is 0 Å². The van der Waals surface area contributed by atoms with Crippen LogP contribution in [0.5, 0.6) is 0 Å². The summed E-state index contributed by atoms with van der Waals surface area (Å²) in [6.07, 6.45) is -5.31. The minimum absolute atomic E-state index is 0.185. The van der Waals surface area contributed by atoms with Gasteiger partial charge in [0.05, 0.1) is 6.42 Å². The number of carbonyl (C=O) groups is 1. The van der Waals surface area contributed by atoms with Gasteiger partial charge >= 0.3 is 12.2 Å². The van der Waals surface area contributed by atoms with Crippen molar-refractivity contribution in [2.24, 2.45) is 0 Å². The van der Waals surface area contributed by atoms with Crippen LogP contribution >= 0.6 is 0 Å². The zero-order valence-corrected chi connectivity index (χ0v) is 11.3. The molecule has 1 unspecified atom stereocenters. The summed E-state index contributed by atoms with van der Waals surface area (Å²) in [5, 5.41) is 7.71. The molecule has 2 amide bonds. The molecule has 1 aromatic carbocycles. The van der Waals surface area contributed by atoms with Gasteiger partial charge in [-0.3, -0.25) is 0 Å². The van der Waals surface area contributed by atoms with Gasteiger partial charge in [-0.1, -0.05) is 12.1 Å². The molecule has 1 aromatic rings. The number of hydrogen-bond acceptors (Lipinski definition) is 2. The lowest BCUT2D eigenvalue weighted by Gasteiger charge is -2.12. The first-order chi connectivity index (χ1) is 9.31. The van der Waals surface area contributed by atoms with Crippen molar-refractivity contribution in [1.29, 1.82) is 0 Å². The standard InChI is InChI=1S/C13H18F3N3O/c1-9(17-2)10-3-5-11(6-4-10)19-12(20)18-8-7-13(14,15)16/h3-6,9,17H,7-8H2,1-2H3,(H2,18,19,20). The van der Waals surface area contributed by atoms with E-state index in [4.69, 9.17) is 0 Å². The van der Waals surface area contributed by atoms with Gasteiger partial charge in [-0.2, -0.15) is 13.2 Å². The Morgan fingerprint density at radius 3 is 2.35 bits per heavy atom. The zero-order valence-electron chi connectivity index (χ0n) is 11.3. The van der Waals surface area contributed by atoms with E-state index in [0.717, 1.165) is 5.56 Å². The van der Waals surface area contributed by atoms with Gasteiger partial charge in [0.25, 0.3) is 0 Å². The summed E-state index contributed by atoms with van der Waals surface area (Å²) in [7, 11) is 1.84. The van der Waals surface area contributed by atoms with Gasteiger partial charge in [0.1, 0.15) is 0 Å². The van der Waals surface area contributed by atoms with E-state index in [1.807, 2.05) is 26.1 Å². The van der Waals surface area contributed by atoms with E-state index in [0.29, 0.717) is 5.69 Å². The van der Waals surface area contributed by atoms with Crippen LogP contribution in [0.4, 0.5) is 23.7 Å². The maximum Gasteiger partial charge on any atom is 0.390 e. The Hall–Kier alpha value is -1.76. The number of benzene rings is 1. The SMILES string of the molecule is CNC(C)c1ccc(NC(=O)NCCC(F)(F)F)cc1. The summed E-state index contributed by atoms with van der Waals surface area (Å²) in [6.45, 7) is 1.55. The van der Waals surface area contributed by atoms with E-state index in [1.165, 1.54) is 0 Å². The minimum Gasteiger partial charge on any atom is -0.338 e. The molecule has 4 nitrogen and oxygen atoms in total. The Labute approximate surface area is 115 Å². The average molecular weight is 289 g/mol. The molecule has 7 heteroatoms. The van der Waals surface area contributed by atoms with E-state index in [2.05, 4.69) is 16.0 Å². The van der Waals surface area contributed by atoms with E-state index in [1.54, 1.807) is 12.1 Å². The topological polar surface area (TPSA) is 53.2 Å². The fraction of sp³-hybridized carbons (Fsp3) is 0.462. The van der Waals surface area contributed by atoms with Crippen LogP contribution < -0.4 is 16.0 Å². The van der Waals surface area contributed by atoms with Crippen molar-refractivity contribution in [3.63, 3.8) is 0 Å². The average Bonchev–Trinajstić information content (AvgIpc) is 2.37. The predicted molar refractivity (Wildman–Crippen MR) is 71.6 cm³/mol. The fourth-order valence-corrected chi connectivity index (χ4v) is 1.51. The first-order valence-corrected chi connectivity index (χ1v) is 6.20. The second-order valence-corrected chi connectivity index (χ2v) is 4.38. The predicted octanol–water partition coefficient (Wildman–Crippen LogP) is 3.04. The number of anilines is 1. The number of halogens is 3. The van der Waals surface area contributed by atoms with Crippen LogP contribution in [0.3, 0.4) is 0 Å². The molecule has 0 saturated carbocycles. The highest BCUT2D eigenvalue weighted by molar-refractivity contribution is 5.89. The van der Waals surface area contributed by atoms with Crippen LogP contribution in [0.1, 0.15) is 24.9 Å². The molecule has 0 saturated heterocycles. The molecule has 1 atom stereocenters. The summed E-state index contributed by atoms with van der Waals surface area (Å²) in [6, 6.07) is 6.62. The van der Waals surface area contributed by atoms with Crippen LogP contribution in [0.25, 0.3) is 0 Å². The maximum atomic E-state index is 11.9. The molecule has 0 spiro atoms. The molecule has 20 heavy (non-hydrogen) atoms. The highest BCUT2D eigenvalue weighted by Crippen LogP contribution is 2.18. The number of rotatable bonds is 5. The van der Waals surface area contributed by atoms with Crippen LogP contribution in [0, 0.1) is 0 Å². The van der Waals surface area contributed by atoms with Crippen molar-refractivity contribution in [3.8, 4) is 0 Å². The van der Waals surface area contributed by atoms with E-state index in [-0.39, 0.29) is 6.04 Å². The molecular formula is C13H18F3N3O. The molecule has 0 aromatic heterocycles. The van der Waals surface area contributed by atoms with Crippen molar-refractivity contribution < 1.29 is 18.0 Å². The van der Waals surface area contributed by atoms with Gasteiger partial charge in [-0.15, -0.1) is 0 Å². The molecule has 0 bridgehead atoms. The van der Waals surface area contributed by atoms with Gasteiger partial charge in [0.2, 0.25) is 0 Å². The Morgan fingerprint density at radius 1 is 1.25 bits per heavy atom. The Morgan fingerprint density at radius 2 is 1.85 bits per heavy atom. The van der Waals surface area contributed by atoms with E-state index in [9.17, 15) is 18.0 Å². The van der Waals surface area contributed by atoms with Crippen LogP contribution in [-0.4, -0.2) is 25.8 Å². The lowest BCUT2D eigenvalue weighted by atomic mass is 10.1. The summed E-state index contributed by atoms with van der Waals surface area (Å²) in [5.74, 6) is 0. The molecule has 0 fully saturated rings. The number of alkyl halides is 3. The quantitative estimate of drug-likeness (QED) is 0.780. The van der Waals surface area contributed by atoms with Gasteiger partial charge in [-0.25, -0.2) is 4.79 Å². The Balaban J connectivity index is 2.42. The third kappa shape index (κ3) is 5.92. The van der Waals surface area contributed by atoms with E-state index < -0.39 is 25.2 Å².